The largest absolute Gasteiger partial charge is 0.348 e. The second-order valence-corrected chi connectivity index (χ2v) is 8.62. The SMILES string of the molecule is CC(=O)Nc1cccc(Nc2cc(C(=O)NC3CCS(=O)(=O)C3)ccn2)c1. The van der Waals surface area contributed by atoms with Crippen LogP contribution in [-0.2, 0) is 14.6 Å². The van der Waals surface area contributed by atoms with Gasteiger partial charge in [-0.1, -0.05) is 6.07 Å². The molecule has 8 nitrogen and oxygen atoms in total. The van der Waals surface area contributed by atoms with Gasteiger partial charge in [0.1, 0.15) is 5.82 Å². The van der Waals surface area contributed by atoms with Crippen molar-refractivity contribution in [1.82, 2.24) is 10.3 Å². The number of rotatable bonds is 5. The van der Waals surface area contributed by atoms with Gasteiger partial charge in [-0.3, -0.25) is 9.59 Å². The molecule has 0 aliphatic carbocycles. The van der Waals surface area contributed by atoms with Gasteiger partial charge in [0.2, 0.25) is 5.91 Å². The number of nitrogens with one attached hydrogen (secondary N) is 3. The van der Waals surface area contributed by atoms with Crippen LogP contribution in [0.2, 0.25) is 0 Å². The third-order valence-electron chi connectivity index (χ3n) is 4.05. The van der Waals surface area contributed by atoms with Gasteiger partial charge < -0.3 is 16.0 Å². The smallest absolute Gasteiger partial charge is 0.251 e. The Hall–Kier alpha value is -2.94. The van der Waals surface area contributed by atoms with Crippen molar-refractivity contribution >= 4 is 38.8 Å². The summed E-state index contributed by atoms with van der Waals surface area (Å²) >= 11 is 0. The molecule has 2 amide bonds. The first-order chi connectivity index (χ1) is 12.8. The first-order valence-corrected chi connectivity index (χ1v) is 10.2. The number of hydrogen-bond donors (Lipinski definition) is 3. The number of carbonyl (C=O) groups excluding carboxylic acids is 2. The third-order valence-corrected chi connectivity index (χ3v) is 5.81. The van der Waals surface area contributed by atoms with E-state index < -0.39 is 9.84 Å². The number of hydrogen-bond acceptors (Lipinski definition) is 6. The van der Waals surface area contributed by atoms with E-state index in [-0.39, 0.29) is 29.4 Å². The van der Waals surface area contributed by atoms with Gasteiger partial charge in [0.25, 0.3) is 5.91 Å². The predicted octanol–water partition coefficient (Wildman–Crippen LogP) is 1.70. The van der Waals surface area contributed by atoms with Gasteiger partial charge in [-0.15, -0.1) is 0 Å². The number of aromatic nitrogens is 1. The van der Waals surface area contributed by atoms with E-state index >= 15 is 0 Å². The second kappa shape index (κ2) is 7.75. The fourth-order valence-corrected chi connectivity index (χ4v) is 4.52. The topological polar surface area (TPSA) is 117 Å². The zero-order chi connectivity index (χ0) is 19.4. The number of benzene rings is 1. The molecule has 1 aromatic carbocycles. The average molecular weight is 388 g/mol. The van der Waals surface area contributed by atoms with Crippen molar-refractivity contribution in [3.8, 4) is 0 Å². The quantitative estimate of drug-likeness (QED) is 0.718. The monoisotopic (exact) mass is 388 g/mol. The van der Waals surface area contributed by atoms with Crippen molar-refractivity contribution < 1.29 is 18.0 Å². The van der Waals surface area contributed by atoms with Gasteiger partial charge in [0.05, 0.1) is 11.5 Å². The van der Waals surface area contributed by atoms with E-state index in [0.29, 0.717) is 29.2 Å². The third kappa shape index (κ3) is 5.27. The Balaban J connectivity index is 1.68. The van der Waals surface area contributed by atoms with Crippen LogP contribution in [0, 0.1) is 0 Å². The Morgan fingerprint density at radius 3 is 2.63 bits per heavy atom. The van der Waals surface area contributed by atoms with Crippen LogP contribution in [0.3, 0.4) is 0 Å². The predicted molar refractivity (Wildman–Crippen MR) is 103 cm³/mol. The van der Waals surface area contributed by atoms with Crippen LogP contribution in [0.5, 0.6) is 0 Å². The number of carbonyl (C=O) groups is 2. The fraction of sp³-hybridized carbons (Fsp3) is 0.278. The van der Waals surface area contributed by atoms with E-state index in [0.717, 1.165) is 0 Å². The molecule has 1 saturated heterocycles. The molecular weight excluding hydrogens is 368 g/mol. The molecule has 3 N–H and O–H groups in total. The number of pyridine rings is 1. The zero-order valence-electron chi connectivity index (χ0n) is 14.7. The zero-order valence-corrected chi connectivity index (χ0v) is 15.5. The lowest BCUT2D eigenvalue weighted by Crippen LogP contribution is -2.35. The van der Waals surface area contributed by atoms with E-state index in [1.807, 2.05) is 6.07 Å². The molecule has 1 aromatic heterocycles. The summed E-state index contributed by atoms with van der Waals surface area (Å²) in [6.07, 6.45) is 1.93. The van der Waals surface area contributed by atoms with Crippen LogP contribution in [0.15, 0.2) is 42.6 Å². The van der Waals surface area contributed by atoms with Crippen LogP contribution in [-0.4, -0.2) is 42.8 Å². The van der Waals surface area contributed by atoms with Crippen molar-refractivity contribution in [3.05, 3.63) is 48.2 Å². The lowest BCUT2D eigenvalue weighted by atomic mass is 10.2. The summed E-state index contributed by atoms with van der Waals surface area (Å²) in [5.74, 6) is 0.0328. The number of amides is 2. The summed E-state index contributed by atoms with van der Waals surface area (Å²) in [6.45, 7) is 1.43. The minimum atomic E-state index is -3.05. The Kier molecular flexibility index (Phi) is 5.41. The first kappa shape index (κ1) is 18.8. The first-order valence-electron chi connectivity index (χ1n) is 8.43. The van der Waals surface area contributed by atoms with Gasteiger partial charge in [-0.25, -0.2) is 13.4 Å². The summed E-state index contributed by atoms with van der Waals surface area (Å²) in [4.78, 5) is 27.7. The van der Waals surface area contributed by atoms with Gasteiger partial charge in [0.15, 0.2) is 9.84 Å². The summed E-state index contributed by atoms with van der Waals surface area (Å²) < 4.78 is 23.0. The molecule has 1 atom stereocenters. The molecule has 0 bridgehead atoms. The lowest BCUT2D eigenvalue weighted by Gasteiger charge is -2.12. The van der Waals surface area contributed by atoms with E-state index in [9.17, 15) is 18.0 Å². The molecule has 0 saturated carbocycles. The molecule has 9 heteroatoms. The minimum absolute atomic E-state index is 0.0229. The van der Waals surface area contributed by atoms with E-state index in [2.05, 4.69) is 20.9 Å². The molecule has 0 spiro atoms. The Bertz CT molecular complexity index is 975. The normalized spacial score (nSPS) is 17.9. The molecule has 27 heavy (non-hydrogen) atoms. The van der Waals surface area contributed by atoms with Gasteiger partial charge in [-0.05, 0) is 36.8 Å². The number of anilines is 3. The van der Waals surface area contributed by atoms with Gasteiger partial charge in [0, 0.05) is 36.1 Å². The fourth-order valence-electron chi connectivity index (χ4n) is 2.84. The molecular formula is C18H20N4O4S. The van der Waals surface area contributed by atoms with Crippen LogP contribution in [0.4, 0.5) is 17.2 Å². The molecule has 2 heterocycles. The molecule has 142 valence electrons. The second-order valence-electron chi connectivity index (χ2n) is 6.39. The molecule has 3 rings (SSSR count). The van der Waals surface area contributed by atoms with Gasteiger partial charge in [-0.2, -0.15) is 0 Å². The van der Waals surface area contributed by atoms with Crippen molar-refractivity contribution in [2.24, 2.45) is 0 Å². The molecule has 0 radical (unpaired) electrons. The van der Waals surface area contributed by atoms with Crippen molar-refractivity contribution in [2.75, 3.05) is 22.1 Å². The highest BCUT2D eigenvalue weighted by molar-refractivity contribution is 7.91. The number of nitrogens with zero attached hydrogens (tertiary/aromatic N) is 1. The molecule has 1 aliphatic heterocycles. The van der Waals surface area contributed by atoms with Crippen molar-refractivity contribution in [3.63, 3.8) is 0 Å². The van der Waals surface area contributed by atoms with Crippen LogP contribution < -0.4 is 16.0 Å². The highest BCUT2D eigenvalue weighted by Crippen LogP contribution is 2.20. The highest BCUT2D eigenvalue weighted by atomic mass is 32.2. The van der Waals surface area contributed by atoms with Crippen LogP contribution in [0.25, 0.3) is 0 Å². The van der Waals surface area contributed by atoms with Crippen LogP contribution in [0.1, 0.15) is 23.7 Å². The summed E-state index contributed by atoms with van der Waals surface area (Å²) in [5.41, 5.74) is 1.73. The molecule has 1 fully saturated rings. The lowest BCUT2D eigenvalue weighted by molar-refractivity contribution is -0.114. The van der Waals surface area contributed by atoms with E-state index in [1.54, 1.807) is 30.3 Å². The Labute approximate surface area is 157 Å². The minimum Gasteiger partial charge on any atom is -0.348 e. The standard InChI is InChI=1S/C18H20N4O4S/c1-12(23)20-14-3-2-4-15(10-14)21-17-9-13(5-7-19-17)18(24)22-16-6-8-27(25,26)11-16/h2-5,7,9-10,16H,6,8,11H2,1H3,(H,19,21)(H,20,23)(H,22,24). The molecule has 2 aromatic rings. The Morgan fingerprint density at radius 2 is 1.93 bits per heavy atom. The van der Waals surface area contributed by atoms with E-state index in [1.165, 1.54) is 13.1 Å². The number of sulfone groups is 1. The van der Waals surface area contributed by atoms with Crippen LogP contribution >= 0.6 is 0 Å². The van der Waals surface area contributed by atoms with E-state index in [4.69, 9.17) is 0 Å². The summed E-state index contributed by atoms with van der Waals surface area (Å²) in [6, 6.07) is 9.90. The molecule has 1 unspecified atom stereocenters. The Morgan fingerprint density at radius 1 is 1.15 bits per heavy atom. The summed E-state index contributed by atoms with van der Waals surface area (Å²) in [7, 11) is -3.05. The highest BCUT2D eigenvalue weighted by Gasteiger charge is 2.29. The maximum Gasteiger partial charge on any atom is 0.251 e. The van der Waals surface area contributed by atoms with Crippen molar-refractivity contribution in [1.29, 1.82) is 0 Å². The summed E-state index contributed by atoms with van der Waals surface area (Å²) in [5, 5.41) is 8.53. The molecule has 1 aliphatic rings. The average Bonchev–Trinajstić information content (AvgIpc) is 2.93. The van der Waals surface area contributed by atoms with Crippen molar-refractivity contribution in [2.45, 2.75) is 19.4 Å². The van der Waals surface area contributed by atoms with Gasteiger partial charge >= 0.3 is 0 Å². The maximum atomic E-state index is 12.4. The maximum absolute atomic E-state index is 12.4.